The molecule has 4 rings (SSSR count). The normalized spacial score (nSPS) is 15.9. The Morgan fingerprint density at radius 3 is 2.55 bits per heavy atom. The summed E-state index contributed by atoms with van der Waals surface area (Å²) in [4.78, 5) is 16.1. The number of hydrogen-bond acceptors (Lipinski definition) is 7. The highest BCUT2D eigenvalue weighted by Crippen LogP contribution is 2.40. The summed E-state index contributed by atoms with van der Waals surface area (Å²) in [6, 6.07) is 13.6. The van der Waals surface area contributed by atoms with E-state index in [0.29, 0.717) is 18.0 Å². The summed E-state index contributed by atoms with van der Waals surface area (Å²) in [7, 11) is 4.65. The summed E-state index contributed by atoms with van der Waals surface area (Å²) in [5.74, 6) is 1.08. The Morgan fingerprint density at radius 2 is 1.84 bits per heavy atom. The molecule has 1 aliphatic rings. The number of nitrogens with zero attached hydrogens (tertiary/aromatic N) is 4. The standard InChI is InChI=1S/C23H26N4O4/c1-29-21-11-16-9-10-26(20(13-23(28)31-3)19(16)12-22(21)30-2)15-17-14-24-27(25-17)18-7-5-4-6-8-18/h4-8,11-12,14,20H,9-10,13,15H2,1-3H3/t20-/m0/s1. The Balaban J connectivity index is 1.63. The molecule has 3 aromatic rings. The summed E-state index contributed by atoms with van der Waals surface area (Å²) >= 11 is 0. The quantitative estimate of drug-likeness (QED) is 0.542. The molecule has 0 fully saturated rings. The van der Waals surface area contributed by atoms with E-state index in [4.69, 9.17) is 14.2 Å². The first-order valence-electron chi connectivity index (χ1n) is 10.1. The van der Waals surface area contributed by atoms with E-state index in [1.54, 1.807) is 25.2 Å². The monoisotopic (exact) mass is 422 g/mol. The van der Waals surface area contributed by atoms with Gasteiger partial charge in [-0.05, 0) is 41.8 Å². The van der Waals surface area contributed by atoms with Crippen LogP contribution in [-0.2, 0) is 22.5 Å². The van der Waals surface area contributed by atoms with Gasteiger partial charge in [0.2, 0.25) is 0 Å². The zero-order chi connectivity index (χ0) is 21.8. The number of carbonyl (C=O) groups is 1. The van der Waals surface area contributed by atoms with Gasteiger partial charge in [-0.3, -0.25) is 9.69 Å². The predicted octanol–water partition coefficient (Wildman–Crippen LogP) is 2.95. The molecule has 1 atom stereocenters. The van der Waals surface area contributed by atoms with Crippen LogP contribution in [0.15, 0.2) is 48.7 Å². The molecule has 2 aromatic carbocycles. The van der Waals surface area contributed by atoms with Gasteiger partial charge in [-0.2, -0.15) is 15.0 Å². The van der Waals surface area contributed by atoms with Crippen molar-refractivity contribution in [2.24, 2.45) is 0 Å². The van der Waals surface area contributed by atoms with Crippen LogP contribution >= 0.6 is 0 Å². The van der Waals surface area contributed by atoms with Crippen LogP contribution in [0.1, 0.15) is 29.3 Å². The van der Waals surface area contributed by atoms with E-state index >= 15 is 0 Å². The van der Waals surface area contributed by atoms with Gasteiger partial charge in [0.15, 0.2) is 11.5 Å². The second-order valence-corrected chi connectivity index (χ2v) is 7.38. The van der Waals surface area contributed by atoms with Gasteiger partial charge in [0, 0.05) is 19.1 Å². The molecule has 2 heterocycles. The van der Waals surface area contributed by atoms with E-state index in [-0.39, 0.29) is 18.4 Å². The van der Waals surface area contributed by atoms with Crippen molar-refractivity contribution in [2.45, 2.75) is 25.4 Å². The van der Waals surface area contributed by atoms with Gasteiger partial charge in [0.25, 0.3) is 0 Å². The van der Waals surface area contributed by atoms with Crippen LogP contribution < -0.4 is 9.47 Å². The Morgan fingerprint density at radius 1 is 1.10 bits per heavy atom. The molecule has 0 bridgehead atoms. The largest absolute Gasteiger partial charge is 0.493 e. The van der Waals surface area contributed by atoms with Crippen LogP contribution in [0.5, 0.6) is 11.5 Å². The lowest BCUT2D eigenvalue weighted by atomic mass is 9.90. The lowest BCUT2D eigenvalue weighted by Crippen LogP contribution is -2.36. The smallest absolute Gasteiger partial charge is 0.307 e. The molecular weight excluding hydrogens is 396 g/mol. The van der Waals surface area contributed by atoms with Crippen molar-refractivity contribution >= 4 is 5.97 Å². The fourth-order valence-electron chi connectivity index (χ4n) is 4.01. The Labute approximate surface area is 181 Å². The Hall–Kier alpha value is -3.39. The Kier molecular flexibility index (Phi) is 6.18. The van der Waals surface area contributed by atoms with E-state index in [2.05, 4.69) is 15.1 Å². The van der Waals surface area contributed by atoms with E-state index in [1.807, 2.05) is 42.5 Å². The molecule has 0 radical (unpaired) electrons. The number of rotatable bonds is 7. The van der Waals surface area contributed by atoms with Crippen LogP contribution in [0.2, 0.25) is 0 Å². The lowest BCUT2D eigenvalue weighted by Gasteiger charge is -2.36. The number of ether oxygens (including phenoxy) is 3. The molecule has 8 heteroatoms. The molecule has 0 N–H and O–H groups in total. The highest BCUT2D eigenvalue weighted by Gasteiger charge is 2.31. The second-order valence-electron chi connectivity index (χ2n) is 7.38. The van der Waals surface area contributed by atoms with Crippen LogP contribution in [0.3, 0.4) is 0 Å². The third-order valence-corrected chi connectivity index (χ3v) is 5.59. The number of benzene rings is 2. The molecule has 0 saturated heterocycles. The first kappa shape index (κ1) is 20.9. The molecule has 0 unspecified atom stereocenters. The molecular formula is C23H26N4O4. The highest BCUT2D eigenvalue weighted by molar-refractivity contribution is 5.70. The third-order valence-electron chi connectivity index (χ3n) is 5.59. The second kappa shape index (κ2) is 9.18. The van der Waals surface area contributed by atoms with E-state index in [0.717, 1.165) is 35.5 Å². The molecule has 162 valence electrons. The molecule has 1 aromatic heterocycles. The SMILES string of the molecule is COC(=O)C[C@H]1c2cc(OC)c(OC)cc2CCN1Cc1cnn(-c2ccccc2)n1. The summed E-state index contributed by atoms with van der Waals surface area (Å²) < 4.78 is 15.9. The minimum Gasteiger partial charge on any atom is -0.493 e. The zero-order valence-electron chi connectivity index (χ0n) is 17.9. The topological polar surface area (TPSA) is 78.7 Å². The van der Waals surface area contributed by atoms with Crippen molar-refractivity contribution in [1.82, 2.24) is 19.9 Å². The number of para-hydroxylation sites is 1. The van der Waals surface area contributed by atoms with Crippen molar-refractivity contribution in [3.63, 3.8) is 0 Å². The van der Waals surface area contributed by atoms with Crippen molar-refractivity contribution < 1.29 is 19.0 Å². The van der Waals surface area contributed by atoms with Gasteiger partial charge in [0.05, 0.1) is 45.3 Å². The van der Waals surface area contributed by atoms with Crippen LogP contribution in [0.25, 0.3) is 5.69 Å². The number of carbonyl (C=O) groups excluding carboxylic acids is 1. The fourth-order valence-corrected chi connectivity index (χ4v) is 4.01. The van der Waals surface area contributed by atoms with Crippen molar-refractivity contribution in [3.05, 3.63) is 65.5 Å². The van der Waals surface area contributed by atoms with Gasteiger partial charge in [-0.1, -0.05) is 18.2 Å². The van der Waals surface area contributed by atoms with Crippen molar-refractivity contribution in [3.8, 4) is 17.2 Å². The van der Waals surface area contributed by atoms with Crippen molar-refractivity contribution in [1.29, 1.82) is 0 Å². The molecule has 1 aliphatic heterocycles. The highest BCUT2D eigenvalue weighted by atomic mass is 16.5. The first-order chi connectivity index (χ1) is 15.1. The third kappa shape index (κ3) is 4.39. The number of hydrogen-bond donors (Lipinski definition) is 0. The van der Waals surface area contributed by atoms with Crippen molar-refractivity contribution in [2.75, 3.05) is 27.9 Å². The van der Waals surface area contributed by atoms with Gasteiger partial charge in [-0.25, -0.2) is 0 Å². The molecule has 0 saturated carbocycles. The average molecular weight is 422 g/mol. The fraction of sp³-hybridized carbons (Fsp3) is 0.348. The van der Waals surface area contributed by atoms with E-state index < -0.39 is 0 Å². The van der Waals surface area contributed by atoms with Crippen LogP contribution in [0.4, 0.5) is 0 Å². The molecule has 0 amide bonds. The van der Waals surface area contributed by atoms with Gasteiger partial charge in [0.1, 0.15) is 0 Å². The number of aromatic nitrogens is 3. The summed E-state index contributed by atoms with van der Waals surface area (Å²) in [5, 5.41) is 9.03. The number of esters is 1. The van der Waals surface area contributed by atoms with Crippen LogP contribution in [-0.4, -0.2) is 53.7 Å². The summed E-state index contributed by atoms with van der Waals surface area (Å²) in [6.45, 7) is 1.35. The number of fused-ring (bicyclic) bond motifs is 1. The first-order valence-corrected chi connectivity index (χ1v) is 10.1. The van der Waals surface area contributed by atoms with E-state index in [9.17, 15) is 4.79 Å². The predicted molar refractivity (Wildman–Crippen MR) is 114 cm³/mol. The maximum absolute atomic E-state index is 12.2. The average Bonchev–Trinajstić information content (AvgIpc) is 3.28. The Bertz CT molecular complexity index is 1050. The van der Waals surface area contributed by atoms with Crippen LogP contribution in [0, 0.1) is 0 Å². The molecule has 0 aliphatic carbocycles. The van der Waals surface area contributed by atoms with Gasteiger partial charge in [-0.15, -0.1) is 0 Å². The lowest BCUT2D eigenvalue weighted by molar-refractivity contribution is -0.142. The maximum atomic E-state index is 12.2. The minimum atomic E-state index is -0.259. The molecule has 31 heavy (non-hydrogen) atoms. The summed E-state index contributed by atoms with van der Waals surface area (Å²) in [5.41, 5.74) is 3.93. The summed E-state index contributed by atoms with van der Waals surface area (Å²) in [6.07, 6.45) is 2.85. The van der Waals surface area contributed by atoms with Gasteiger partial charge < -0.3 is 14.2 Å². The minimum absolute atomic E-state index is 0.155. The molecule has 8 nitrogen and oxygen atoms in total. The van der Waals surface area contributed by atoms with E-state index in [1.165, 1.54) is 7.11 Å². The maximum Gasteiger partial charge on any atom is 0.307 e. The zero-order valence-corrected chi connectivity index (χ0v) is 17.9. The van der Waals surface area contributed by atoms with Gasteiger partial charge >= 0.3 is 5.97 Å². The molecule has 0 spiro atoms. The number of methoxy groups -OCH3 is 3.